The summed E-state index contributed by atoms with van der Waals surface area (Å²) in [4.78, 5) is 0. The maximum Gasteiger partial charge on any atom is 0.137 e. The van der Waals surface area contributed by atoms with E-state index in [0.29, 0.717) is 5.69 Å². The molecule has 0 unspecified atom stereocenters. The average Bonchev–Trinajstić information content (AvgIpc) is 3.93. The number of para-hydroxylation sites is 2. The Morgan fingerprint density at radius 2 is 1.07 bits per heavy atom. The van der Waals surface area contributed by atoms with Crippen LogP contribution in [0, 0.1) is 0 Å². The third kappa shape index (κ3) is 4.86. The highest BCUT2D eigenvalue weighted by Crippen LogP contribution is 2.42. The van der Waals surface area contributed by atoms with E-state index in [2.05, 4.69) is 0 Å². The zero-order chi connectivity index (χ0) is 55.7. The second-order valence-electron chi connectivity index (χ2n) is 13.3. The highest BCUT2D eigenvalue weighted by molar-refractivity contribution is 6.18. The van der Waals surface area contributed by atoms with Gasteiger partial charge in [0.1, 0.15) is 11.2 Å². The monoisotopic (exact) mass is 747 g/mol. The molecule has 3 nitrogen and oxygen atoms in total. The summed E-state index contributed by atoms with van der Waals surface area (Å²) in [6.07, 6.45) is 0. The number of benzene rings is 9. The molecule has 0 fully saturated rings. The Morgan fingerprint density at radius 1 is 0.368 bits per heavy atom. The van der Waals surface area contributed by atoms with Gasteiger partial charge in [0.2, 0.25) is 0 Å². The summed E-state index contributed by atoms with van der Waals surface area (Å²) in [5.74, 6) is 0. The van der Waals surface area contributed by atoms with Crippen LogP contribution in [0.4, 0.5) is 0 Å². The highest BCUT2D eigenvalue weighted by Gasteiger charge is 2.20. The van der Waals surface area contributed by atoms with Crippen molar-refractivity contribution in [1.82, 2.24) is 9.13 Å². The van der Waals surface area contributed by atoms with Crippen molar-refractivity contribution in [2.24, 2.45) is 0 Å². The Hall–Kier alpha value is -7.62. The minimum Gasteiger partial charge on any atom is -0.456 e. The van der Waals surface area contributed by atoms with Crippen LogP contribution >= 0.6 is 0 Å². The van der Waals surface area contributed by atoms with Gasteiger partial charge in [-0.2, -0.15) is 0 Å². The van der Waals surface area contributed by atoms with Crippen molar-refractivity contribution < 1.29 is 33.2 Å². The van der Waals surface area contributed by atoms with Gasteiger partial charge in [0.05, 0.1) is 50.9 Å². The van der Waals surface area contributed by atoms with Crippen molar-refractivity contribution in [2.45, 2.75) is 0 Å². The molecular formula is C54H34N2O. The molecule has 3 heterocycles. The van der Waals surface area contributed by atoms with E-state index in [1.165, 1.54) is 22.8 Å². The van der Waals surface area contributed by atoms with Gasteiger partial charge in [-0.1, -0.05) is 139 Å². The Morgan fingerprint density at radius 3 is 1.96 bits per heavy atom. The summed E-state index contributed by atoms with van der Waals surface area (Å²) in [7, 11) is 0. The van der Waals surface area contributed by atoms with Crippen molar-refractivity contribution in [3.63, 3.8) is 0 Å². The van der Waals surface area contributed by atoms with E-state index in [1.54, 1.807) is 24.3 Å². The number of aromatic nitrogens is 2. The van der Waals surface area contributed by atoms with Crippen molar-refractivity contribution in [3.8, 4) is 44.8 Å². The summed E-state index contributed by atoms with van der Waals surface area (Å²) in [6.45, 7) is 0. The topological polar surface area (TPSA) is 23.0 Å². The van der Waals surface area contributed by atoms with Gasteiger partial charge in [0.15, 0.2) is 0 Å². The second kappa shape index (κ2) is 12.5. The van der Waals surface area contributed by atoms with E-state index < -0.39 is 132 Å². The van der Waals surface area contributed by atoms with Crippen molar-refractivity contribution in [2.75, 3.05) is 0 Å². The van der Waals surface area contributed by atoms with Gasteiger partial charge in [-0.15, -0.1) is 0 Å². The number of nitrogens with zero attached hydrogens (tertiary/aromatic N) is 2. The Labute approximate surface area is 358 Å². The molecule has 0 N–H and O–H groups in total. The Bertz CT molecular complexity index is 4740. The summed E-state index contributed by atoms with van der Waals surface area (Å²) in [6, 6.07) is 8.86. The maximum absolute atomic E-state index is 10.1. The third-order valence-corrected chi connectivity index (χ3v) is 10.2. The van der Waals surface area contributed by atoms with E-state index in [4.69, 9.17) is 19.5 Å². The number of fused-ring (bicyclic) bond motifs is 9. The van der Waals surface area contributed by atoms with Crippen LogP contribution in [-0.4, -0.2) is 9.13 Å². The summed E-state index contributed by atoms with van der Waals surface area (Å²) in [5, 5.41) is -0.801. The first kappa shape index (κ1) is 17.5. The molecule has 9 aromatic carbocycles. The maximum atomic E-state index is 10.1. The van der Waals surface area contributed by atoms with Gasteiger partial charge in [-0.05, 0) is 93.9 Å². The van der Waals surface area contributed by atoms with Crippen LogP contribution in [0.25, 0.3) is 110 Å². The van der Waals surface area contributed by atoms with Gasteiger partial charge in [-0.25, -0.2) is 0 Å². The molecule has 0 atom stereocenters. The summed E-state index contributed by atoms with van der Waals surface area (Å²) >= 11 is 0. The largest absolute Gasteiger partial charge is 0.456 e. The molecule has 12 aromatic rings. The van der Waals surface area contributed by atoms with E-state index in [-0.39, 0.29) is 87.9 Å². The SMILES string of the molecule is [2H]c1cc(-c2c([2H])c([2H])c([2H])c3oc4cc(-n5c6c([2H])c([2H])c([2H])c([2H])c6c6c([2H])c(-c7c([2H])c([2H])c([2H])c8c7c7cc([2H])c([2H])c([2H])c7n8-c7ccc(-c8ccccc8)cc7)c([2H])c([2H])c65)cc([2H])c4c23)c([2H])c([2H])c1[2H]. The van der Waals surface area contributed by atoms with Gasteiger partial charge >= 0.3 is 0 Å². The number of hydrogen-bond donors (Lipinski definition) is 0. The predicted octanol–water partition coefficient (Wildman–Crippen LogP) is 14.8. The van der Waals surface area contributed by atoms with Gasteiger partial charge < -0.3 is 13.6 Å². The average molecular weight is 748 g/mol. The van der Waals surface area contributed by atoms with E-state index in [9.17, 15) is 13.7 Å². The fourth-order valence-corrected chi connectivity index (χ4v) is 7.72. The lowest BCUT2D eigenvalue weighted by Gasteiger charge is -2.11. The minimum atomic E-state index is -0.737. The first-order chi connectivity index (χ1) is 37.0. The number of furan rings is 1. The molecule has 0 spiro atoms. The van der Waals surface area contributed by atoms with Crippen LogP contribution in [0.1, 0.15) is 28.8 Å². The molecule has 0 aliphatic rings. The first-order valence-electron chi connectivity index (χ1n) is 28.3. The zero-order valence-electron chi connectivity index (χ0n) is 50.3. The summed E-state index contributed by atoms with van der Waals surface area (Å²) in [5.41, 5.74) is -0.486. The molecular weight excluding hydrogens is 693 g/mol. The highest BCUT2D eigenvalue weighted by atomic mass is 16.3. The third-order valence-electron chi connectivity index (χ3n) is 10.2. The molecule has 12 rings (SSSR count). The van der Waals surface area contributed by atoms with Crippen LogP contribution in [0.2, 0.25) is 0 Å². The lowest BCUT2D eigenvalue weighted by atomic mass is 9.98. The van der Waals surface area contributed by atoms with E-state index in [0.717, 1.165) is 21.8 Å². The Kier molecular flexibility index (Phi) is 3.81. The summed E-state index contributed by atoms with van der Waals surface area (Å²) < 4.78 is 199. The molecule has 0 saturated carbocycles. The van der Waals surface area contributed by atoms with Crippen molar-refractivity contribution in [1.29, 1.82) is 0 Å². The molecule has 0 bridgehead atoms. The smallest absolute Gasteiger partial charge is 0.137 e. The molecule has 0 saturated heterocycles. The molecule has 0 radical (unpaired) electrons. The normalized spacial score (nSPS) is 17.0. The van der Waals surface area contributed by atoms with E-state index in [1.807, 2.05) is 30.3 Å². The molecule has 266 valence electrons. The fourth-order valence-electron chi connectivity index (χ4n) is 7.72. The first-order valence-corrected chi connectivity index (χ1v) is 17.8. The van der Waals surface area contributed by atoms with Crippen molar-refractivity contribution in [3.05, 3.63) is 206 Å². The van der Waals surface area contributed by atoms with Crippen LogP contribution in [0.3, 0.4) is 0 Å². The molecule has 0 amide bonds. The minimum absolute atomic E-state index is 0.0112. The van der Waals surface area contributed by atoms with Crippen LogP contribution in [0.5, 0.6) is 0 Å². The Balaban J connectivity index is 1.19. The predicted molar refractivity (Wildman–Crippen MR) is 239 cm³/mol. The quantitative estimate of drug-likeness (QED) is 0.172. The molecule has 3 heteroatoms. The molecule has 3 aromatic heterocycles. The lowest BCUT2D eigenvalue weighted by Crippen LogP contribution is -1.94. The van der Waals surface area contributed by atoms with Crippen LogP contribution in [0.15, 0.2) is 210 Å². The standard InChI is InChI=1S/C54H34N2O/c1-3-13-35(14-4-1)36-25-28-39(29-26-36)55-48-22-10-8-18-44(48)53-42(19-11-23-50(53)55)38-27-32-49-46(33-38)43-17-7-9-21-47(43)56(49)40-30-31-45-52(34-40)57-51-24-12-20-41(54(45)51)37-15-5-2-6-16-37/h1-34H/i2D,5D,6D,7D,8D,9D,10D,11D,12D,15D,17D,19D,20D,21D,22D,23D,24D,27D,31D,32D,33D. The van der Waals surface area contributed by atoms with E-state index >= 15 is 0 Å². The lowest BCUT2D eigenvalue weighted by molar-refractivity contribution is 0.668. The molecule has 0 aliphatic heterocycles. The number of hydrogen-bond acceptors (Lipinski definition) is 1. The zero-order valence-corrected chi connectivity index (χ0v) is 29.3. The van der Waals surface area contributed by atoms with Crippen LogP contribution < -0.4 is 0 Å². The van der Waals surface area contributed by atoms with Gasteiger partial charge in [0, 0.05) is 49.8 Å². The van der Waals surface area contributed by atoms with Crippen LogP contribution in [-0.2, 0) is 0 Å². The molecule has 0 aliphatic carbocycles. The van der Waals surface area contributed by atoms with Gasteiger partial charge in [0.25, 0.3) is 0 Å². The van der Waals surface area contributed by atoms with Gasteiger partial charge in [-0.3, -0.25) is 0 Å². The number of rotatable bonds is 5. The van der Waals surface area contributed by atoms with Crippen molar-refractivity contribution >= 4 is 65.6 Å². The second-order valence-corrected chi connectivity index (χ2v) is 13.3. The fraction of sp³-hybridized carbons (Fsp3) is 0. The molecule has 57 heavy (non-hydrogen) atoms.